The number of fused-ring (bicyclic) bond motifs is 3. The van der Waals surface area contributed by atoms with Crippen LogP contribution in [0.3, 0.4) is 0 Å². The Morgan fingerprint density at radius 2 is 1.22 bits per heavy atom. The Hall–Kier alpha value is -7.65. The molecule has 1 heterocycles. The van der Waals surface area contributed by atoms with Gasteiger partial charge in [-0.3, -0.25) is 4.79 Å². The van der Waals surface area contributed by atoms with E-state index in [-0.39, 0.29) is 16.7 Å². The van der Waals surface area contributed by atoms with Gasteiger partial charge in [-0.1, -0.05) is 186 Å². The number of esters is 1. The number of allylic oxidation sites excluding steroid dienone is 7. The Kier molecular flexibility index (Phi) is 12.2. The molecule has 0 spiro atoms. The van der Waals surface area contributed by atoms with E-state index in [0.29, 0.717) is 17.6 Å². The average Bonchev–Trinajstić information content (AvgIpc) is 3.85. The maximum absolute atomic E-state index is 13.8. The summed E-state index contributed by atoms with van der Waals surface area (Å²) in [7, 11) is 3.13. The molecule has 0 fully saturated rings. The van der Waals surface area contributed by atoms with Gasteiger partial charge >= 0.3 is 0 Å². The molecule has 0 N–H and O–H groups in total. The van der Waals surface area contributed by atoms with E-state index in [1.54, 1.807) is 7.11 Å². The summed E-state index contributed by atoms with van der Waals surface area (Å²) in [5.41, 5.74) is 15.4. The normalized spacial score (nSPS) is 15.1. The maximum Gasteiger partial charge on any atom is 0.299 e. The number of carbonyl (C=O) groups excluding carboxylic acids is 1. The van der Waals surface area contributed by atoms with Gasteiger partial charge in [-0.15, -0.1) is 17.2 Å². The van der Waals surface area contributed by atoms with Crippen LogP contribution >= 0.6 is 0 Å². The van der Waals surface area contributed by atoms with Gasteiger partial charge in [-0.05, 0) is 91.1 Å². The summed E-state index contributed by atoms with van der Waals surface area (Å²) in [4.78, 5) is 13.8. The molecule has 64 heavy (non-hydrogen) atoms. The van der Waals surface area contributed by atoms with Gasteiger partial charge in [0.05, 0.1) is 14.2 Å². The molecular formula is C59H56BhO4-2. The Morgan fingerprint density at radius 3 is 1.81 bits per heavy atom. The van der Waals surface area contributed by atoms with Gasteiger partial charge in [0.2, 0.25) is 0 Å². The first-order valence-corrected chi connectivity index (χ1v) is 21.8. The van der Waals surface area contributed by atoms with Crippen LogP contribution in [0.2, 0.25) is 0 Å². The fourth-order valence-corrected chi connectivity index (χ4v) is 8.97. The molecule has 0 saturated carbocycles. The monoisotopic (exact) mass is 1100 g/mol. The van der Waals surface area contributed by atoms with Crippen LogP contribution in [0.5, 0.6) is 5.75 Å². The van der Waals surface area contributed by atoms with Crippen molar-refractivity contribution in [1.29, 1.82) is 0 Å². The molecule has 1 atom stereocenters. The molecule has 0 amide bonds. The Morgan fingerprint density at radius 1 is 0.656 bits per heavy atom. The average molecular weight is 1100 g/mol. The molecule has 1 aliphatic rings. The summed E-state index contributed by atoms with van der Waals surface area (Å²) in [6.07, 6.45) is 4.57. The van der Waals surface area contributed by atoms with Crippen LogP contribution in [0.4, 0.5) is 0 Å². The molecule has 6 aromatic carbocycles. The molecular weight excluding hydrogens is 1040 g/mol. The smallest absolute Gasteiger partial charge is 0.299 e. The van der Waals surface area contributed by atoms with Crippen molar-refractivity contribution in [2.75, 3.05) is 14.2 Å². The summed E-state index contributed by atoms with van der Waals surface area (Å²) in [6, 6.07) is 51.1. The van der Waals surface area contributed by atoms with Crippen molar-refractivity contribution >= 4 is 55.8 Å². The number of para-hydroxylation sites is 1. The predicted octanol–water partition coefficient (Wildman–Crippen LogP) is 14.9. The van der Waals surface area contributed by atoms with Crippen molar-refractivity contribution in [2.45, 2.75) is 65.7 Å². The molecule has 7 aromatic rings. The number of benzene rings is 6. The minimum atomic E-state index is -0.419. The van der Waals surface area contributed by atoms with Crippen LogP contribution in [0, 0.1) is 18.9 Å². The number of carbonyl (C=O) groups is 1. The Balaban J connectivity index is 0.00000612. The fraction of sp³-hybridized carbons (Fsp3) is 0.220. The van der Waals surface area contributed by atoms with Crippen LogP contribution < -0.4 is 4.74 Å². The van der Waals surface area contributed by atoms with E-state index in [1.807, 2.05) is 37.3 Å². The third-order valence-electron chi connectivity index (χ3n) is 12.4. The third kappa shape index (κ3) is 8.20. The van der Waals surface area contributed by atoms with E-state index in [4.69, 9.17) is 20.8 Å². The van der Waals surface area contributed by atoms with Crippen molar-refractivity contribution in [2.24, 2.45) is 5.92 Å². The minimum absolute atomic E-state index is 0. The van der Waals surface area contributed by atoms with Gasteiger partial charge < -0.3 is 20.8 Å². The summed E-state index contributed by atoms with van der Waals surface area (Å²) in [6.45, 7) is 19.9. The Bertz CT molecular complexity index is 2940. The zero-order chi connectivity index (χ0) is 44.6. The predicted molar refractivity (Wildman–Crippen MR) is 262 cm³/mol. The summed E-state index contributed by atoms with van der Waals surface area (Å²) in [5, 5.41) is 1.98. The quantitative estimate of drug-likeness (QED) is 0.0593. The molecule has 0 aliphatic heterocycles. The number of furan rings is 1. The van der Waals surface area contributed by atoms with Gasteiger partial charge in [-0.25, -0.2) is 0 Å². The number of rotatable bonds is 10. The van der Waals surface area contributed by atoms with Crippen molar-refractivity contribution in [3.05, 3.63) is 209 Å². The fourth-order valence-electron chi connectivity index (χ4n) is 8.97. The standard InChI is InChI=1S/C59H56O4.Bh/c1-11-45-52(40-28-34-44(61-9)35-29-40)53(39-18-13-12-14-19-39)54(41-26-32-43(33-27-41)59(6,7)8)56(45)49(46-21-17-23-51-55(46)47-20-15-16-22-50(47)63-51)36-48(37(2)57(60)62-10)38-24-30-42(31-25-38)58(3,4)5;/h12-35,45H,1,11H2,2-10H3;/q-2;/b48-37-;. The molecule has 8 rings (SSSR count). The van der Waals surface area contributed by atoms with E-state index < -0.39 is 5.97 Å². The van der Waals surface area contributed by atoms with Crippen LogP contribution in [-0.2, 0) is 20.4 Å². The van der Waals surface area contributed by atoms with Gasteiger partial charge in [0.15, 0.2) is 0 Å². The summed E-state index contributed by atoms with van der Waals surface area (Å²) in [5.74, 6) is 0.163. The van der Waals surface area contributed by atoms with Crippen molar-refractivity contribution in [3.8, 4) is 5.75 Å². The first kappa shape index (κ1) is 44.4. The third-order valence-corrected chi connectivity index (χ3v) is 12.4. The molecule has 0 bridgehead atoms. The van der Waals surface area contributed by atoms with Crippen molar-refractivity contribution < 1.29 is 18.7 Å². The number of hydrogen-bond acceptors (Lipinski definition) is 4. The summed E-state index contributed by atoms with van der Waals surface area (Å²) >= 11 is 0. The van der Waals surface area contributed by atoms with E-state index in [9.17, 15) is 4.79 Å². The summed E-state index contributed by atoms with van der Waals surface area (Å²) < 4.78 is 17.7. The zero-order valence-electron chi connectivity index (χ0n) is 38.7. The van der Waals surface area contributed by atoms with E-state index >= 15 is 0 Å². The number of hydrogen-bond donors (Lipinski definition) is 0. The first-order chi connectivity index (χ1) is 30.2. The second-order valence-electron chi connectivity index (χ2n) is 18.4. The molecule has 1 unspecified atom stereocenters. The second-order valence-corrected chi connectivity index (χ2v) is 18.4. The molecule has 0 radical (unpaired) electrons. The van der Waals surface area contributed by atoms with E-state index in [0.717, 1.165) is 83.4 Å². The molecule has 1 aliphatic carbocycles. The second kappa shape index (κ2) is 17.6. The number of ether oxygens (including phenoxy) is 2. The van der Waals surface area contributed by atoms with Crippen LogP contribution in [0.1, 0.15) is 93.8 Å². The largest absolute Gasteiger partial charge is 0.497 e. The van der Waals surface area contributed by atoms with Crippen LogP contribution in [-0.4, -0.2) is 20.2 Å². The molecule has 1 aromatic heterocycles. The van der Waals surface area contributed by atoms with Crippen LogP contribution in [0.25, 0.3) is 49.8 Å². The SMILES string of the molecule is [Bh].[CH2-]CC1C(C(=[C-]/C(=C(\C)C(=O)OC)c2ccc(C(C)(C)C)cc2)c2cccc3oc4ccccc4c23)=C(c2ccc(C(C)(C)C)cc2)C(c2ccccc2)=C1c1ccc(OC)cc1. The van der Waals surface area contributed by atoms with Crippen molar-refractivity contribution in [3.63, 3.8) is 0 Å². The zero-order valence-corrected chi connectivity index (χ0v) is 45.2. The van der Waals surface area contributed by atoms with E-state index in [2.05, 4.69) is 163 Å². The molecule has 5 heteroatoms. The minimum Gasteiger partial charge on any atom is -0.497 e. The van der Waals surface area contributed by atoms with Gasteiger partial charge in [0.1, 0.15) is 16.9 Å². The maximum atomic E-state index is 13.8. The van der Waals surface area contributed by atoms with Gasteiger partial charge in [0.25, 0.3) is 5.97 Å². The topological polar surface area (TPSA) is 48.7 Å². The Labute approximate surface area is 373 Å². The van der Waals surface area contributed by atoms with Crippen molar-refractivity contribution in [1.82, 2.24) is 0 Å². The first-order valence-electron chi connectivity index (χ1n) is 21.8. The van der Waals surface area contributed by atoms with Crippen LogP contribution in [0.15, 0.2) is 161 Å². The number of methoxy groups -OCH3 is 2. The molecule has 0 saturated heterocycles. The van der Waals surface area contributed by atoms with E-state index in [1.165, 1.54) is 18.2 Å². The molecule has 320 valence electrons. The van der Waals surface area contributed by atoms with Gasteiger partial charge in [-0.2, -0.15) is 6.42 Å². The van der Waals surface area contributed by atoms with Gasteiger partial charge in [0, 0.05) is 10.8 Å². The molecule has 4 nitrogen and oxygen atoms in total.